The van der Waals surface area contributed by atoms with Crippen LogP contribution in [0.5, 0.6) is 0 Å². The highest BCUT2D eigenvalue weighted by atomic mass is 35.5. The van der Waals surface area contributed by atoms with E-state index in [0.29, 0.717) is 5.56 Å². The van der Waals surface area contributed by atoms with E-state index in [1.165, 1.54) is 26.0 Å². The third-order valence-corrected chi connectivity index (χ3v) is 13.6. The van der Waals surface area contributed by atoms with Crippen LogP contribution in [0.2, 0.25) is 5.02 Å². The molecule has 2 unspecified atom stereocenters. The van der Waals surface area contributed by atoms with Crippen LogP contribution in [0.25, 0.3) is 0 Å². The summed E-state index contributed by atoms with van der Waals surface area (Å²) in [6.07, 6.45) is -4.78. The average molecular weight is 1220 g/mol. The molecule has 1 aliphatic heterocycles. The maximum absolute atomic E-state index is 14.5. The number of hydrogen-bond acceptors (Lipinski definition) is 18. The van der Waals surface area contributed by atoms with E-state index in [9.17, 15) is 63.0 Å². The molecule has 0 saturated carbocycles. The molecule has 31 heteroatoms. The summed E-state index contributed by atoms with van der Waals surface area (Å²) < 4.78 is 0. The molecule has 0 spiro atoms. The van der Waals surface area contributed by atoms with Crippen LogP contribution in [0.1, 0.15) is 78.2 Å². The van der Waals surface area contributed by atoms with Gasteiger partial charge in [-0.1, -0.05) is 67.9 Å². The molecule has 1 aliphatic rings. The lowest BCUT2D eigenvalue weighted by molar-refractivity contribution is -0.136. The zero-order valence-corrected chi connectivity index (χ0v) is 49.0. The van der Waals surface area contributed by atoms with Crippen molar-refractivity contribution in [2.45, 2.75) is 152 Å². The van der Waals surface area contributed by atoms with Gasteiger partial charge in [0.1, 0.15) is 60.4 Å². The molecule has 0 bridgehead atoms. The maximum atomic E-state index is 14.5. The second-order valence-corrected chi connectivity index (χ2v) is 21.2. The van der Waals surface area contributed by atoms with Gasteiger partial charge < -0.3 is 103 Å². The van der Waals surface area contributed by atoms with E-state index in [1.807, 2.05) is 0 Å². The molecule has 1 heterocycles. The Morgan fingerprint density at radius 2 is 1.05 bits per heavy atom. The second kappa shape index (κ2) is 37.0. The minimum Gasteiger partial charge on any atom is -0.391 e. The predicted molar refractivity (Wildman–Crippen MR) is 314 cm³/mol. The molecule has 12 amide bonds. The highest BCUT2D eigenvalue weighted by Gasteiger charge is 2.37. The summed E-state index contributed by atoms with van der Waals surface area (Å²) >= 11 is 6.16. The van der Waals surface area contributed by atoms with Gasteiger partial charge >= 0.3 is 6.03 Å². The molecular formula is C54H86ClN17O13. The van der Waals surface area contributed by atoms with Crippen molar-refractivity contribution in [3.63, 3.8) is 0 Å². The molecule has 0 radical (unpaired) electrons. The van der Waals surface area contributed by atoms with Crippen LogP contribution in [0, 0.1) is 5.92 Å². The molecule has 0 aliphatic carbocycles. The number of carbonyl (C=O) groups excluding carboxylic acids is 11. The first-order valence-electron chi connectivity index (χ1n) is 28.1. The van der Waals surface area contributed by atoms with Gasteiger partial charge in [0.05, 0.1) is 22.9 Å². The van der Waals surface area contributed by atoms with Crippen molar-refractivity contribution in [2.75, 3.05) is 44.6 Å². The van der Waals surface area contributed by atoms with Crippen molar-refractivity contribution >= 4 is 82.4 Å². The SMILES string of the molecule is CC(C)C[C@@H]1NC(=O)[C@@H](Cc2ccccc2)NC(=O)[C@H](CCN)NC(=O)[C@@H](NC(=O)[C@H](CCN)NC(=O)[C@@H](NC(=O)[C@H](CCN)NC(=O)Nc2ccccc2Cl)C(C)O)CCNC(=O)[C@H](C(C)O)NC(=O)[C@H](CCN)NC(=O)[C@H](CCN)NC1=O. The number of rotatable bonds is 24. The monoisotopic (exact) mass is 1220 g/mol. The number of hydrogen-bond donors (Lipinski definition) is 19. The number of nitrogens with one attached hydrogen (secondary N) is 12. The van der Waals surface area contributed by atoms with E-state index in [1.54, 1.807) is 56.3 Å². The van der Waals surface area contributed by atoms with Gasteiger partial charge in [0, 0.05) is 13.0 Å². The Balaban J connectivity index is 2.08. The standard InChI is InChI=1S/C54H86ClN17O13/c1-28(2)26-40-50(81)64-34(14-20-56)44(75)63-37(17-23-59)48(79)71-42(29(3)73)52(83)61-25-19-39(47(78)62-35(15-21-57)46(77)68-41(51(82)67-40)27-31-10-6-5-7-11-31)65-45(76)36(16-22-58)66-53(84)43(30(4)74)72-49(80)38(18-24-60)70-54(85)69-33-13-9-8-12-32(33)55/h5-13,28-30,34-43,73-74H,14-27,56-60H2,1-4H3,(H,61,83)(H,62,78)(H,63,75)(H,64,81)(H,65,76)(H,66,84)(H,67,82)(H,68,77)(H,71,79)(H,72,80)(H2,69,70,85)/t29?,30?,34-,35-,36-,37-,38-,39-,40-,41+,42-,43-/m0/s1. The molecule has 30 nitrogen and oxygen atoms in total. The van der Waals surface area contributed by atoms with Gasteiger partial charge in [-0.3, -0.25) is 47.9 Å². The van der Waals surface area contributed by atoms with Gasteiger partial charge in [0.2, 0.25) is 59.1 Å². The maximum Gasteiger partial charge on any atom is 0.319 e. The lowest BCUT2D eigenvalue weighted by Crippen LogP contribution is -2.62. The van der Waals surface area contributed by atoms with Crippen molar-refractivity contribution in [3.05, 3.63) is 65.2 Å². The van der Waals surface area contributed by atoms with Gasteiger partial charge in [0.25, 0.3) is 0 Å². The molecule has 2 aromatic carbocycles. The van der Waals surface area contributed by atoms with E-state index in [2.05, 4.69) is 63.8 Å². The number of aliphatic hydroxyl groups is 2. The van der Waals surface area contributed by atoms with Crippen molar-refractivity contribution in [3.8, 4) is 0 Å². The third kappa shape index (κ3) is 24.1. The van der Waals surface area contributed by atoms with Crippen LogP contribution < -0.4 is 92.5 Å². The van der Waals surface area contributed by atoms with E-state index >= 15 is 0 Å². The number of nitrogens with two attached hydrogens (primary N) is 5. The van der Waals surface area contributed by atoms with Gasteiger partial charge in [-0.25, -0.2) is 4.79 Å². The predicted octanol–water partition coefficient (Wildman–Crippen LogP) is -5.49. The number of carbonyl (C=O) groups is 11. The number of benzene rings is 2. The smallest absolute Gasteiger partial charge is 0.319 e. The quantitative estimate of drug-likeness (QED) is 0.0466. The third-order valence-electron chi connectivity index (χ3n) is 13.3. The number of aliphatic hydroxyl groups excluding tert-OH is 2. The molecule has 85 heavy (non-hydrogen) atoms. The van der Waals surface area contributed by atoms with E-state index < -0.39 is 151 Å². The molecule has 12 atom stereocenters. The topological polar surface area (TPSA) is 503 Å². The largest absolute Gasteiger partial charge is 0.391 e. The van der Waals surface area contributed by atoms with E-state index in [-0.39, 0.29) is 94.3 Å². The summed E-state index contributed by atoms with van der Waals surface area (Å²) in [7, 11) is 0. The lowest BCUT2D eigenvalue weighted by Gasteiger charge is -2.29. The molecule has 2 aromatic rings. The van der Waals surface area contributed by atoms with Crippen molar-refractivity contribution in [1.82, 2.24) is 58.5 Å². The highest BCUT2D eigenvalue weighted by molar-refractivity contribution is 6.33. The Labute approximate surface area is 498 Å². The summed E-state index contributed by atoms with van der Waals surface area (Å²) in [4.78, 5) is 154. The van der Waals surface area contributed by atoms with Crippen LogP contribution in [0.3, 0.4) is 0 Å². The highest BCUT2D eigenvalue weighted by Crippen LogP contribution is 2.20. The molecule has 1 fully saturated rings. The fourth-order valence-electron chi connectivity index (χ4n) is 8.75. The number of anilines is 1. The minimum absolute atomic E-state index is 0.0369. The molecule has 1 saturated heterocycles. The molecule has 0 aromatic heterocycles. The van der Waals surface area contributed by atoms with Crippen LogP contribution in [0.15, 0.2) is 54.6 Å². The Bertz CT molecular complexity index is 2570. The van der Waals surface area contributed by atoms with Gasteiger partial charge in [-0.2, -0.15) is 0 Å². The second-order valence-electron chi connectivity index (χ2n) is 20.8. The normalized spacial score (nSPS) is 22.4. The average Bonchev–Trinajstić information content (AvgIpc) is 3.57. The Morgan fingerprint density at radius 3 is 1.56 bits per heavy atom. The van der Waals surface area contributed by atoms with E-state index in [0.717, 1.165) is 0 Å². The van der Waals surface area contributed by atoms with Crippen LogP contribution >= 0.6 is 11.6 Å². The number of amides is 12. The summed E-state index contributed by atoms with van der Waals surface area (Å²) in [5.41, 5.74) is 30.1. The van der Waals surface area contributed by atoms with Crippen LogP contribution in [0.4, 0.5) is 10.5 Å². The Kier molecular flexibility index (Phi) is 31.2. The summed E-state index contributed by atoms with van der Waals surface area (Å²) in [6, 6.07) is -1.22. The van der Waals surface area contributed by atoms with Crippen molar-refractivity contribution in [2.24, 2.45) is 34.6 Å². The molecule has 24 N–H and O–H groups in total. The molecule has 3 rings (SSSR count). The van der Waals surface area contributed by atoms with Crippen LogP contribution in [-0.4, -0.2) is 187 Å². The lowest BCUT2D eigenvalue weighted by atomic mass is 10.00. The first-order valence-corrected chi connectivity index (χ1v) is 28.5. The summed E-state index contributed by atoms with van der Waals surface area (Å²) in [5.74, 6) is -9.81. The first kappa shape index (κ1) is 71.7. The number of halogens is 1. The Hall–Kier alpha value is -7.58. The fraction of sp³-hybridized carbons (Fsp3) is 0.574. The fourth-order valence-corrected chi connectivity index (χ4v) is 8.93. The van der Waals surface area contributed by atoms with Crippen molar-refractivity contribution in [1.29, 1.82) is 0 Å². The zero-order chi connectivity index (χ0) is 63.3. The minimum atomic E-state index is -1.77. The van der Waals surface area contributed by atoms with Gasteiger partial charge in [-0.05, 0) is 115 Å². The summed E-state index contributed by atoms with van der Waals surface area (Å²) in [6.45, 7) is 4.59. The number of para-hydroxylation sites is 1. The van der Waals surface area contributed by atoms with Crippen LogP contribution in [-0.2, 0) is 54.4 Å². The zero-order valence-electron chi connectivity index (χ0n) is 48.3. The molecular weight excluding hydrogens is 1130 g/mol. The molecule has 472 valence electrons. The first-order chi connectivity index (χ1) is 40.4. The Morgan fingerprint density at radius 1 is 0.565 bits per heavy atom. The number of urea groups is 1. The van der Waals surface area contributed by atoms with Gasteiger partial charge in [0.15, 0.2) is 0 Å². The van der Waals surface area contributed by atoms with Crippen molar-refractivity contribution < 1.29 is 63.0 Å². The van der Waals surface area contributed by atoms with E-state index in [4.69, 9.17) is 40.3 Å². The van der Waals surface area contributed by atoms with Gasteiger partial charge in [-0.15, -0.1) is 0 Å². The summed E-state index contributed by atoms with van der Waals surface area (Å²) in [5, 5.41) is 52.0.